The molecule has 2 unspecified atom stereocenters. The third-order valence-corrected chi connectivity index (χ3v) is 4.60. The van der Waals surface area contributed by atoms with Gasteiger partial charge in [-0.3, -0.25) is 4.79 Å². The highest BCUT2D eigenvalue weighted by molar-refractivity contribution is 6.00. The number of nitrogens with zero attached hydrogens (tertiary/aromatic N) is 3. The van der Waals surface area contributed by atoms with Crippen LogP contribution in [-0.2, 0) is 0 Å². The van der Waals surface area contributed by atoms with Gasteiger partial charge in [-0.2, -0.15) is 4.98 Å². The van der Waals surface area contributed by atoms with Crippen molar-refractivity contribution in [2.45, 2.75) is 19.4 Å². The molecular weight excluding hydrogens is 280 g/mol. The van der Waals surface area contributed by atoms with E-state index in [-0.39, 0.29) is 5.91 Å². The Morgan fingerprint density at radius 3 is 2.95 bits per heavy atom. The molecule has 1 aromatic heterocycles. The van der Waals surface area contributed by atoms with E-state index in [1.54, 1.807) is 6.92 Å². The first kappa shape index (κ1) is 13.5. The van der Waals surface area contributed by atoms with Gasteiger partial charge in [0.2, 0.25) is 0 Å². The summed E-state index contributed by atoms with van der Waals surface area (Å²) in [5, 5.41) is 7.21. The first-order valence-corrected chi connectivity index (χ1v) is 7.65. The average molecular weight is 298 g/mol. The van der Waals surface area contributed by atoms with Crippen molar-refractivity contribution in [1.82, 2.24) is 20.4 Å². The van der Waals surface area contributed by atoms with Crippen molar-refractivity contribution in [2.24, 2.45) is 5.92 Å². The van der Waals surface area contributed by atoms with Gasteiger partial charge in [0.05, 0.1) is 11.1 Å². The molecule has 114 valence electrons. The molecule has 2 atom stereocenters. The van der Waals surface area contributed by atoms with Crippen LogP contribution >= 0.6 is 0 Å². The lowest BCUT2D eigenvalue weighted by Gasteiger charge is -2.46. The Morgan fingerprint density at radius 1 is 1.41 bits per heavy atom. The Labute approximate surface area is 128 Å². The zero-order valence-corrected chi connectivity index (χ0v) is 12.5. The van der Waals surface area contributed by atoms with E-state index in [0.717, 1.165) is 32.0 Å². The van der Waals surface area contributed by atoms with Crippen LogP contribution in [0.4, 0.5) is 0 Å². The van der Waals surface area contributed by atoms with Crippen LogP contribution in [0.15, 0.2) is 28.8 Å². The second-order valence-corrected chi connectivity index (χ2v) is 6.01. The number of hydrogen-bond acceptors (Lipinski definition) is 5. The summed E-state index contributed by atoms with van der Waals surface area (Å²) in [5.41, 5.74) is 1.33. The number of likely N-dealkylation sites (tertiary alicyclic amines) is 1. The van der Waals surface area contributed by atoms with Crippen LogP contribution < -0.4 is 5.32 Å². The van der Waals surface area contributed by atoms with Crippen LogP contribution in [0.2, 0.25) is 0 Å². The summed E-state index contributed by atoms with van der Waals surface area (Å²) in [6.07, 6.45) is 1.07. The second-order valence-electron chi connectivity index (χ2n) is 6.01. The van der Waals surface area contributed by atoms with Gasteiger partial charge in [-0.05, 0) is 37.9 Å². The predicted molar refractivity (Wildman–Crippen MR) is 80.3 cm³/mol. The molecule has 2 saturated heterocycles. The summed E-state index contributed by atoms with van der Waals surface area (Å²) in [6, 6.07) is 7.89. The maximum Gasteiger partial charge on any atom is 0.258 e. The highest BCUT2D eigenvalue weighted by Gasteiger charge is 2.37. The number of nitrogens with one attached hydrogen (secondary N) is 1. The van der Waals surface area contributed by atoms with Crippen LogP contribution in [0.3, 0.4) is 0 Å². The van der Waals surface area contributed by atoms with Crippen LogP contribution in [0, 0.1) is 12.8 Å². The molecule has 6 heteroatoms. The molecule has 0 bridgehead atoms. The van der Waals surface area contributed by atoms with E-state index in [2.05, 4.69) is 15.5 Å². The molecule has 0 radical (unpaired) electrons. The topological polar surface area (TPSA) is 71.3 Å². The smallest absolute Gasteiger partial charge is 0.258 e. The van der Waals surface area contributed by atoms with Crippen molar-refractivity contribution < 1.29 is 9.32 Å². The van der Waals surface area contributed by atoms with E-state index in [1.165, 1.54) is 0 Å². The van der Waals surface area contributed by atoms with Gasteiger partial charge in [-0.25, -0.2) is 0 Å². The molecule has 3 heterocycles. The van der Waals surface area contributed by atoms with Crippen molar-refractivity contribution in [3.63, 3.8) is 0 Å². The summed E-state index contributed by atoms with van der Waals surface area (Å²) in [5.74, 6) is 1.74. The molecule has 1 aromatic carbocycles. The molecule has 0 saturated carbocycles. The molecule has 0 spiro atoms. The maximum absolute atomic E-state index is 12.9. The lowest BCUT2D eigenvalue weighted by Crippen LogP contribution is -2.62. The molecular formula is C16H18N4O2. The second kappa shape index (κ2) is 5.21. The number of aromatic nitrogens is 2. The van der Waals surface area contributed by atoms with Gasteiger partial charge >= 0.3 is 0 Å². The molecule has 1 N–H and O–H groups in total. The van der Waals surface area contributed by atoms with Crippen LogP contribution in [0.5, 0.6) is 0 Å². The highest BCUT2D eigenvalue weighted by Crippen LogP contribution is 2.28. The van der Waals surface area contributed by atoms with Crippen LogP contribution in [0.1, 0.15) is 22.6 Å². The normalized spacial score (nSPS) is 23.8. The predicted octanol–water partition coefficient (Wildman–Crippen LogP) is 1.48. The Morgan fingerprint density at radius 2 is 2.27 bits per heavy atom. The van der Waals surface area contributed by atoms with Gasteiger partial charge < -0.3 is 14.7 Å². The summed E-state index contributed by atoms with van der Waals surface area (Å²) in [6.45, 7) is 4.45. The molecule has 6 nitrogen and oxygen atoms in total. The van der Waals surface area contributed by atoms with Crippen molar-refractivity contribution >= 4 is 5.91 Å². The fourth-order valence-electron chi connectivity index (χ4n) is 3.24. The Balaban J connectivity index is 1.63. The quantitative estimate of drug-likeness (QED) is 0.909. The van der Waals surface area contributed by atoms with Gasteiger partial charge in [-0.1, -0.05) is 17.3 Å². The summed E-state index contributed by atoms with van der Waals surface area (Å²) in [7, 11) is 0. The first-order valence-electron chi connectivity index (χ1n) is 7.65. The minimum absolute atomic E-state index is 0.0404. The lowest BCUT2D eigenvalue weighted by molar-refractivity contribution is 0.0519. The van der Waals surface area contributed by atoms with E-state index >= 15 is 0 Å². The van der Waals surface area contributed by atoms with E-state index < -0.39 is 0 Å². The molecule has 2 aliphatic heterocycles. The number of benzene rings is 1. The minimum Gasteiger partial charge on any atom is -0.337 e. The number of hydrogen-bond donors (Lipinski definition) is 1. The number of carbonyl (C=O) groups excluding carboxylic acids is 1. The Kier molecular flexibility index (Phi) is 3.18. The molecule has 2 fully saturated rings. The number of fused-ring (bicyclic) bond motifs is 1. The van der Waals surface area contributed by atoms with Gasteiger partial charge in [0.25, 0.3) is 11.8 Å². The molecule has 2 aliphatic rings. The Hall–Kier alpha value is -2.21. The molecule has 4 rings (SSSR count). The number of piperidine rings is 1. The SMILES string of the molecule is Cc1noc(-c2ccccc2C(=O)N2CCC3CNC3C2)n1. The fourth-order valence-corrected chi connectivity index (χ4v) is 3.24. The van der Waals surface area contributed by atoms with Gasteiger partial charge in [0.1, 0.15) is 0 Å². The van der Waals surface area contributed by atoms with Crippen molar-refractivity contribution in [3.05, 3.63) is 35.7 Å². The summed E-state index contributed by atoms with van der Waals surface area (Å²) >= 11 is 0. The molecule has 22 heavy (non-hydrogen) atoms. The fraction of sp³-hybridized carbons (Fsp3) is 0.438. The van der Waals surface area contributed by atoms with Crippen molar-refractivity contribution in [3.8, 4) is 11.5 Å². The van der Waals surface area contributed by atoms with E-state index in [1.807, 2.05) is 29.2 Å². The third kappa shape index (κ3) is 2.20. The molecule has 1 amide bonds. The van der Waals surface area contributed by atoms with Gasteiger partial charge in [-0.15, -0.1) is 0 Å². The summed E-state index contributed by atoms with van der Waals surface area (Å²) < 4.78 is 5.23. The zero-order valence-electron chi connectivity index (χ0n) is 12.5. The molecule has 2 aromatic rings. The number of rotatable bonds is 2. The largest absolute Gasteiger partial charge is 0.337 e. The zero-order chi connectivity index (χ0) is 15.1. The summed E-state index contributed by atoms with van der Waals surface area (Å²) in [4.78, 5) is 19.1. The number of carbonyl (C=O) groups is 1. The Bertz CT molecular complexity index is 712. The van der Waals surface area contributed by atoms with Gasteiger partial charge in [0.15, 0.2) is 5.82 Å². The highest BCUT2D eigenvalue weighted by atomic mass is 16.5. The van der Waals surface area contributed by atoms with Gasteiger partial charge in [0, 0.05) is 19.1 Å². The van der Waals surface area contributed by atoms with Crippen molar-refractivity contribution in [2.75, 3.05) is 19.6 Å². The lowest BCUT2D eigenvalue weighted by atomic mass is 9.84. The first-order chi connectivity index (χ1) is 10.7. The van der Waals surface area contributed by atoms with E-state index in [0.29, 0.717) is 28.9 Å². The molecule has 0 aliphatic carbocycles. The minimum atomic E-state index is 0.0404. The van der Waals surface area contributed by atoms with Crippen LogP contribution in [-0.4, -0.2) is 46.6 Å². The van der Waals surface area contributed by atoms with E-state index in [9.17, 15) is 4.79 Å². The number of amides is 1. The average Bonchev–Trinajstić information content (AvgIpc) is 2.94. The van der Waals surface area contributed by atoms with Crippen molar-refractivity contribution in [1.29, 1.82) is 0 Å². The number of aryl methyl sites for hydroxylation is 1. The third-order valence-electron chi connectivity index (χ3n) is 4.60. The monoisotopic (exact) mass is 298 g/mol. The standard InChI is InChI=1S/C16H18N4O2/c1-10-18-15(22-19-10)12-4-2-3-5-13(12)16(21)20-7-6-11-8-17-14(11)9-20/h2-5,11,14,17H,6-9H2,1H3. The van der Waals surface area contributed by atoms with Crippen LogP contribution in [0.25, 0.3) is 11.5 Å². The maximum atomic E-state index is 12.9. The van der Waals surface area contributed by atoms with E-state index in [4.69, 9.17) is 4.52 Å².